The van der Waals surface area contributed by atoms with Gasteiger partial charge in [0, 0.05) is 5.92 Å². The highest BCUT2D eigenvalue weighted by molar-refractivity contribution is 5.79. The van der Waals surface area contributed by atoms with Gasteiger partial charge in [0.05, 0.1) is 6.10 Å². The van der Waals surface area contributed by atoms with Gasteiger partial charge in [-0.25, -0.2) is 0 Å². The Morgan fingerprint density at radius 3 is 2.21 bits per heavy atom. The molecule has 0 amide bonds. The summed E-state index contributed by atoms with van der Waals surface area (Å²) in [5, 5.41) is 10.4. The highest BCUT2D eigenvalue weighted by Gasteiger charge is 2.61. The molecule has 0 spiro atoms. The van der Waals surface area contributed by atoms with Crippen LogP contribution in [0.2, 0.25) is 0 Å². The number of ketones is 1. The number of aliphatic hydroxyl groups is 1. The van der Waals surface area contributed by atoms with Crippen LogP contribution in [0.4, 0.5) is 0 Å². The van der Waals surface area contributed by atoms with Gasteiger partial charge in [0.1, 0.15) is 5.78 Å². The van der Waals surface area contributed by atoms with E-state index in [1.54, 1.807) is 0 Å². The molecule has 1 N–H and O–H groups in total. The van der Waals surface area contributed by atoms with Crippen LogP contribution in [0, 0.1) is 46.3 Å². The predicted octanol–water partition coefficient (Wildman–Crippen LogP) is 4.84. The number of carbonyl (C=O) groups excluding carboxylic acids is 1. The number of aliphatic hydroxyl groups excluding tert-OH is 1. The normalized spacial score (nSPS) is 57.0. The van der Waals surface area contributed by atoms with Crippen molar-refractivity contribution in [3.8, 4) is 0 Å². The van der Waals surface area contributed by atoms with Crippen molar-refractivity contribution < 1.29 is 9.90 Å². The molecular formula is C22H36O2. The van der Waals surface area contributed by atoms with Crippen molar-refractivity contribution in [1.29, 1.82) is 0 Å². The van der Waals surface area contributed by atoms with Crippen molar-refractivity contribution in [3.05, 3.63) is 0 Å². The molecule has 4 aliphatic carbocycles. The smallest absolute Gasteiger partial charge is 0.133 e. The Kier molecular flexibility index (Phi) is 3.95. The van der Waals surface area contributed by atoms with Crippen LogP contribution in [0.5, 0.6) is 0 Å². The number of rotatable bonds is 1. The van der Waals surface area contributed by atoms with Crippen LogP contribution in [-0.2, 0) is 4.79 Å². The molecule has 6 unspecified atom stereocenters. The van der Waals surface area contributed by atoms with E-state index in [1.807, 2.05) is 6.92 Å². The molecule has 0 saturated heterocycles. The summed E-state index contributed by atoms with van der Waals surface area (Å²) >= 11 is 0. The Hall–Kier alpha value is -0.370. The van der Waals surface area contributed by atoms with E-state index in [-0.39, 0.29) is 11.5 Å². The number of hydrogen-bond donors (Lipinski definition) is 1. The standard InChI is InChI=1S/C22H36O2/c1-13-16-6-5-15-18-8-7-17(14(2)23)22(18,4)11-9-19(15)21(16,3)12-10-20(13)24/h13,15-20,24H,5-12H2,1-4H3/t13?,15?,16?,17-,18?,19?,20?,21+,22-/m1/s1. The van der Waals surface area contributed by atoms with Crippen molar-refractivity contribution >= 4 is 5.78 Å². The van der Waals surface area contributed by atoms with Crippen molar-refractivity contribution in [1.82, 2.24) is 0 Å². The molecule has 2 nitrogen and oxygen atoms in total. The number of carbonyl (C=O) groups is 1. The molecule has 0 radical (unpaired) electrons. The van der Waals surface area contributed by atoms with Gasteiger partial charge in [0.15, 0.2) is 0 Å². The summed E-state index contributed by atoms with van der Waals surface area (Å²) in [4.78, 5) is 12.2. The molecule has 4 fully saturated rings. The van der Waals surface area contributed by atoms with Crippen LogP contribution in [-0.4, -0.2) is 17.0 Å². The lowest BCUT2D eigenvalue weighted by Crippen LogP contribution is -2.56. The minimum absolute atomic E-state index is 0.0814. The largest absolute Gasteiger partial charge is 0.393 e. The van der Waals surface area contributed by atoms with Crippen LogP contribution in [0.1, 0.15) is 79.1 Å². The molecule has 9 atom stereocenters. The van der Waals surface area contributed by atoms with Crippen LogP contribution < -0.4 is 0 Å². The molecule has 0 aromatic rings. The van der Waals surface area contributed by atoms with Crippen LogP contribution in [0.15, 0.2) is 0 Å². The molecule has 0 heterocycles. The summed E-state index contributed by atoms with van der Waals surface area (Å²) in [5.41, 5.74) is 0.702. The van der Waals surface area contributed by atoms with Gasteiger partial charge in [-0.1, -0.05) is 20.8 Å². The van der Waals surface area contributed by atoms with Gasteiger partial charge in [-0.2, -0.15) is 0 Å². The third kappa shape index (κ3) is 2.14. The van der Waals surface area contributed by atoms with Crippen molar-refractivity contribution in [3.63, 3.8) is 0 Å². The molecular weight excluding hydrogens is 296 g/mol. The maximum absolute atomic E-state index is 12.2. The van der Waals surface area contributed by atoms with Gasteiger partial charge in [-0.15, -0.1) is 0 Å². The average molecular weight is 333 g/mol. The molecule has 136 valence electrons. The first kappa shape index (κ1) is 17.1. The fraction of sp³-hybridized carbons (Fsp3) is 0.955. The van der Waals surface area contributed by atoms with E-state index in [4.69, 9.17) is 0 Å². The third-order valence-corrected chi connectivity index (χ3v) is 9.65. The molecule has 0 aromatic carbocycles. The van der Waals surface area contributed by atoms with Crippen LogP contribution in [0.25, 0.3) is 0 Å². The zero-order valence-corrected chi connectivity index (χ0v) is 16.1. The van der Waals surface area contributed by atoms with Crippen molar-refractivity contribution in [2.75, 3.05) is 0 Å². The molecule has 4 aliphatic rings. The number of hydrogen-bond acceptors (Lipinski definition) is 2. The molecule has 4 rings (SSSR count). The van der Waals surface area contributed by atoms with E-state index in [2.05, 4.69) is 20.8 Å². The summed E-state index contributed by atoms with van der Waals surface area (Å²) in [6, 6.07) is 0. The molecule has 0 bridgehead atoms. The van der Waals surface area contributed by atoms with Gasteiger partial charge in [-0.05, 0) is 98.7 Å². The van der Waals surface area contributed by atoms with Crippen molar-refractivity contribution in [2.45, 2.75) is 85.2 Å². The SMILES string of the molecule is CC(=O)[C@H]1CCC2C3CCC4C(C)C(O)CC[C@]4(C)C3CC[C@@]21C. The van der Waals surface area contributed by atoms with Gasteiger partial charge in [-0.3, -0.25) is 4.79 Å². The maximum atomic E-state index is 12.2. The highest BCUT2D eigenvalue weighted by atomic mass is 16.3. The Morgan fingerprint density at radius 1 is 0.875 bits per heavy atom. The Labute approximate surface area is 147 Å². The zero-order chi connectivity index (χ0) is 17.3. The van der Waals surface area contributed by atoms with E-state index in [1.165, 1.54) is 38.5 Å². The summed E-state index contributed by atoms with van der Waals surface area (Å²) < 4.78 is 0. The van der Waals surface area contributed by atoms with E-state index in [0.29, 0.717) is 29.0 Å². The van der Waals surface area contributed by atoms with Gasteiger partial charge >= 0.3 is 0 Å². The molecule has 4 saturated carbocycles. The minimum Gasteiger partial charge on any atom is -0.393 e. The average Bonchev–Trinajstić information content (AvgIpc) is 2.89. The first-order chi connectivity index (χ1) is 11.3. The summed E-state index contributed by atoms with van der Waals surface area (Å²) in [5.74, 6) is 4.36. The maximum Gasteiger partial charge on any atom is 0.133 e. The second kappa shape index (κ2) is 5.56. The molecule has 2 heteroatoms. The summed E-state index contributed by atoms with van der Waals surface area (Å²) in [6.07, 6.45) is 9.75. The second-order valence-corrected chi connectivity index (χ2v) is 10.3. The Balaban J connectivity index is 1.63. The van der Waals surface area contributed by atoms with Gasteiger partial charge in [0.2, 0.25) is 0 Å². The first-order valence-corrected chi connectivity index (χ1v) is 10.5. The van der Waals surface area contributed by atoms with Crippen LogP contribution in [0.3, 0.4) is 0 Å². The fourth-order valence-corrected chi connectivity index (χ4v) is 8.38. The first-order valence-electron chi connectivity index (χ1n) is 10.5. The predicted molar refractivity (Wildman–Crippen MR) is 96.5 cm³/mol. The molecule has 0 aromatic heterocycles. The van der Waals surface area contributed by atoms with Gasteiger partial charge < -0.3 is 5.11 Å². The molecule has 0 aliphatic heterocycles. The number of Topliss-reactive ketones (excluding diaryl/α,β-unsaturated/α-hetero) is 1. The summed E-state index contributed by atoms with van der Waals surface area (Å²) in [6.45, 7) is 9.11. The number of fused-ring (bicyclic) bond motifs is 5. The fourth-order valence-electron chi connectivity index (χ4n) is 8.38. The van der Waals surface area contributed by atoms with E-state index in [0.717, 1.165) is 30.6 Å². The van der Waals surface area contributed by atoms with Crippen LogP contribution >= 0.6 is 0 Å². The third-order valence-electron chi connectivity index (χ3n) is 9.65. The topological polar surface area (TPSA) is 37.3 Å². The quantitative estimate of drug-likeness (QED) is 0.746. The van der Waals surface area contributed by atoms with E-state index in [9.17, 15) is 9.90 Å². The highest BCUT2D eigenvalue weighted by Crippen LogP contribution is 2.68. The minimum atomic E-state index is -0.0814. The summed E-state index contributed by atoms with van der Waals surface area (Å²) in [7, 11) is 0. The zero-order valence-electron chi connectivity index (χ0n) is 16.1. The lowest BCUT2D eigenvalue weighted by atomic mass is 9.43. The monoisotopic (exact) mass is 332 g/mol. The van der Waals surface area contributed by atoms with Gasteiger partial charge in [0.25, 0.3) is 0 Å². The lowest BCUT2D eigenvalue weighted by molar-refractivity contribution is -0.151. The molecule has 24 heavy (non-hydrogen) atoms. The Morgan fingerprint density at radius 2 is 1.50 bits per heavy atom. The van der Waals surface area contributed by atoms with E-state index >= 15 is 0 Å². The van der Waals surface area contributed by atoms with Crippen molar-refractivity contribution in [2.24, 2.45) is 46.3 Å². The lowest BCUT2D eigenvalue weighted by Gasteiger charge is -2.62. The second-order valence-electron chi connectivity index (χ2n) is 10.3. The Bertz CT molecular complexity index is 528. The van der Waals surface area contributed by atoms with E-state index < -0.39 is 0 Å².